The summed E-state index contributed by atoms with van der Waals surface area (Å²) >= 11 is 17.6. The van der Waals surface area contributed by atoms with E-state index >= 15 is 0 Å². The first kappa shape index (κ1) is 17.9. The predicted molar refractivity (Wildman–Crippen MR) is 89.5 cm³/mol. The highest BCUT2D eigenvalue weighted by Crippen LogP contribution is 2.27. The number of nitrogens with two attached hydrogens (primary N) is 1. The average molecular weight is 378 g/mol. The van der Waals surface area contributed by atoms with Gasteiger partial charge in [0.25, 0.3) is 5.91 Å². The van der Waals surface area contributed by atoms with Crippen LogP contribution in [-0.2, 0) is 4.79 Å². The summed E-state index contributed by atoms with van der Waals surface area (Å²) < 4.78 is 13.5. The molecule has 0 saturated carbocycles. The van der Waals surface area contributed by atoms with Crippen LogP contribution in [-0.4, -0.2) is 17.4 Å². The van der Waals surface area contributed by atoms with E-state index in [0.717, 1.165) is 0 Å². The lowest BCUT2D eigenvalue weighted by Gasteiger charge is -2.13. The maximum atomic E-state index is 13.5. The van der Waals surface area contributed by atoms with Gasteiger partial charge in [0.1, 0.15) is 11.9 Å². The zero-order chi connectivity index (χ0) is 17.0. The summed E-state index contributed by atoms with van der Waals surface area (Å²) in [5, 5.41) is 4.93. The molecular weight excluding hydrogens is 364 g/mol. The number of rotatable bonds is 5. The molecule has 23 heavy (non-hydrogen) atoms. The molecule has 0 radical (unpaired) electrons. The molecule has 1 amide bonds. The molecule has 2 aromatic rings. The summed E-state index contributed by atoms with van der Waals surface area (Å²) in [5.74, 6) is -0.796. The van der Waals surface area contributed by atoms with Crippen LogP contribution < -0.4 is 10.6 Å². The molecule has 0 saturated heterocycles. The lowest BCUT2D eigenvalue weighted by Crippen LogP contribution is -2.86. The van der Waals surface area contributed by atoms with Crippen LogP contribution >= 0.6 is 34.8 Å². The minimum absolute atomic E-state index is 0.0325. The van der Waals surface area contributed by atoms with E-state index in [4.69, 9.17) is 34.8 Å². The predicted octanol–water partition coefficient (Wildman–Crippen LogP) is 3.44. The third kappa shape index (κ3) is 4.78. The van der Waals surface area contributed by atoms with Gasteiger partial charge in [-0.3, -0.25) is 4.79 Å². The van der Waals surface area contributed by atoms with Gasteiger partial charge in [0.15, 0.2) is 11.7 Å². The molecule has 1 atom stereocenters. The number of hydrogen-bond donors (Lipinski definition) is 2. The summed E-state index contributed by atoms with van der Waals surface area (Å²) in [6, 6.07) is 5.74. The Morgan fingerprint density at radius 3 is 2.78 bits per heavy atom. The van der Waals surface area contributed by atoms with Crippen molar-refractivity contribution < 1.29 is 14.5 Å². The fourth-order valence-electron chi connectivity index (χ4n) is 1.98. The van der Waals surface area contributed by atoms with Crippen LogP contribution in [0, 0.1) is 5.82 Å². The van der Waals surface area contributed by atoms with E-state index in [2.05, 4.69) is 10.3 Å². The van der Waals surface area contributed by atoms with Crippen LogP contribution in [0.4, 0.5) is 10.1 Å². The first-order valence-electron chi connectivity index (χ1n) is 6.76. The minimum Gasteiger partial charge on any atom is -0.332 e. The summed E-state index contributed by atoms with van der Waals surface area (Å²) in [4.78, 5) is 15.8. The maximum Gasteiger partial charge on any atom is 0.279 e. The maximum absolute atomic E-state index is 13.5. The van der Waals surface area contributed by atoms with Gasteiger partial charge < -0.3 is 10.6 Å². The number of anilines is 1. The average Bonchev–Trinajstić information content (AvgIpc) is 2.51. The van der Waals surface area contributed by atoms with Gasteiger partial charge in [-0.2, -0.15) is 0 Å². The number of halogens is 4. The van der Waals surface area contributed by atoms with Crippen LogP contribution in [0.25, 0.3) is 0 Å². The van der Waals surface area contributed by atoms with Crippen molar-refractivity contribution in [1.29, 1.82) is 0 Å². The zero-order valence-electron chi connectivity index (χ0n) is 12.1. The topological polar surface area (TPSA) is 58.6 Å². The van der Waals surface area contributed by atoms with E-state index in [9.17, 15) is 9.18 Å². The molecule has 1 aromatic heterocycles. The summed E-state index contributed by atoms with van der Waals surface area (Å²) in [6.45, 7) is 1.94. The fourth-order valence-corrected chi connectivity index (χ4v) is 2.70. The summed E-state index contributed by atoms with van der Waals surface area (Å²) in [5.41, 5.74) is 1.01. The Bertz CT molecular complexity index is 727. The van der Waals surface area contributed by atoms with E-state index in [-0.39, 0.29) is 28.7 Å². The summed E-state index contributed by atoms with van der Waals surface area (Å²) in [6.07, 6.45) is 1.53. The molecule has 0 spiro atoms. The van der Waals surface area contributed by atoms with Crippen molar-refractivity contribution in [2.45, 2.75) is 13.0 Å². The lowest BCUT2D eigenvalue weighted by molar-refractivity contribution is -0.682. The molecular formula is C15H14Cl3FN3O+. The van der Waals surface area contributed by atoms with Crippen molar-refractivity contribution in [2.24, 2.45) is 0 Å². The van der Waals surface area contributed by atoms with Crippen LogP contribution in [0.3, 0.4) is 0 Å². The van der Waals surface area contributed by atoms with Gasteiger partial charge in [-0.25, -0.2) is 9.37 Å². The smallest absolute Gasteiger partial charge is 0.279 e. The number of amides is 1. The molecule has 0 fully saturated rings. The number of nitrogens with one attached hydrogen (secondary N) is 1. The van der Waals surface area contributed by atoms with E-state index in [1.807, 2.05) is 6.92 Å². The number of quaternary nitrogens is 1. The third-order valence-electron chi connectivity index (χ3n) is 3.22. The van der Waals surface area contributed by atoms with E-state index < -0.39 is 5.82 Å². The molecule has 2 rings (SSSR count). The van der Waals surface area contributed by atoms with Crippen LogP contribution in [0.1, 0.15) is 18.5 Å². The highest BCUT2D eigenvalue weighted by atomic mass is 35.5. The number of carbonyl (C=O) groups excluding carboxylic acids is 1. The second kappa shape index (κ2) is 7.93. The van der Waals surface area contributed by atoms with Gasteiger partial charge in [-0.05, 0) is 31.2 Å². The Labute approximate surface area is 148 Å². The lowest BCUT2D eigenvalue weighted by atomic mass is 10.1. The van der Waals surface area contributed by atoms with E-state index in [1.54, 1.807) is 17.4 Å². The van der Waals surface area contributed by atoms with Gasteiger partial charge in [-0.15, -0.1) is 0 Å². The van der Waals surface area contributed by atoms with Crippen molar-refractivity contribution >= 4 is 46.4 Å². The molecule has 4 nitrogen and oxygen atoms in total. The second-order valence-electron chi connectivity index (χ2n) is 4.91. The van der Waals surface area contributed by atoms with Crippen molar-refractivity contribution in [1.82, 2.24) is 4.98 Å². The van der Waals surface area contributed by atoms with Crippen LogP contribution in [0.5, 0.6) is 0 Å². The number of pyridine rings is 1. The van der Waals surface area contributed by atoms with Gasteiger partial charge in [0.05, 0.1) is 15.7 Å². The van der Waals surface area contributed by atoms with Gasteiger partial charge >= 0.3 is 0 Å². The van der Waals surface area contributed by atoms with Crippen molar-refractivity contribution in [3.63, 3.8) is 0 Å². The fraction of sp³-hybridized carbons (Fsp3) is 0.200. The monoisotopic (exact) mass is 376 g/mol. The molecule has 3 N–H and O–H groups in total. The normalized spacial score (nSPS) is 12.0. The molecule has 8 heteroatoms. The highest BCUT2D eigenvalue weighted by molar-refractivity contribution is 6.35. The highest BCUT2D eigenvalue weighted by Gasteiger charge is 2.17. The quantitative estimate of drug-likeness (QED) is 0.619. The number of hydrogen-bond acceptors (Lipinski definition) is 2. The van der Waals surface area contributed by atoms with Crippen LogP contribution in [0.15, 0.2) is 30.5 Å². The van der Waals surface area contributed by atoms with Crippen molar-refractivity contribution in [3.8, 4) is 0 Å². The van der Waals surface area contributed by atoms with Gasteiger partial charge in [0.2, 0.25) is 0 Å². The van der Waals surface area contributed by atoms with Crippen molar-refractivity contribution in [3.05, 3.63) is 57.0 Å². The Morgan fingerprint density at radius 2 is 2.09 bits per heavy atom. The third-order valence-corrected chi connectivity index (χ3v) is 4.14. The van der Waals surface area contributed by atoms with Gasteiger partial charge in [0, 0.05) is 11.8 Å². The van der Waals surface area contributed by atoms with Crippen LogP contribution in [0.2, 0.25) is 15.2 Å². The Kier molecular flexibility index (Phi) is 6.18. The first-order valence-corrected chi connectivity index (χ1v) is 7.90. The Balaban J connectivity index is 1.96. The SMILES string of the molecule is C[C@@H]([NH2+]CC(=O)Nc1cccnc1Cl)c1cc(F)c(Cl)cc1Cl. The Hall–Kier alpha value is -1.40. The number of carbonyl (C=O) groups is 1. The second-order valence-corrected chi connectivity index (χ2v) is 6.08. The molecule has 0 bridgehead atoms. The number of nitrogens with zero attached hydrogens (tertiary/aromatic N) is 1. The molecule has 0 unspecified atom stereocenters. The largest absolute Gasteiger partial charge is 0.332 e. The molecule has 1 heterocycles. The first-order chi connectivity index (χ1) is 10.9. The summed E-state index contributed by atoms with van der Waals surface area (Å²) in [7, 11) is 0. The molecule has 122 valence electrons. The molecule has 0 aliphatic heterocycles. The molecule has 0 aliphatic rings. The van der Waals surface area contributed by atoms with Crippen molar-refractivity contribution in [2.75, 3.05) is 11.9 Å². The standard InChI is InChI=1S/C15H13Cl3FN3O/c1-8(9-5-12(19)11(17)6-10(9)16)21-7-14(23)22-13-3-2-4-20-15(13)18/h2-6,8,21H,7H2,1H3,(H,22,23)/p+1/t8-/m1/s1. The van der Waals surface area contributed by atoms with Gasteiger partial charge in [-0.1, -0.05) is 34.8 Å². The molecule has 1 aromatic carbocycles. The zero-order valence-corrected chi connectivity index (χ0v) is 14.4. The molecule has 0 aliphatic carbocycles. The minimum atomic E-state index is -0.544. The Morgan fingerprint density at radius 1 is 1.35 bits per heavy atom. The van der Waals surface area contributed by atoms with E-state index in [0.29, 0.717) is 16.3 Å². The number of aromatic nitrogens is 1. The van der Waals surface area contributed by atoms with E-state index in [1.165, 1.54) is 18.3 Å². The number of benzene rings is 1.